The second-order valence-corrected chi connectivity index (χ2v) is 5.93. The third kappa shape index (κ3) is 3.60. The van der Waals surface area contributed by atoms with Crippen LogP contribution >= 0.6 is 9.24 Å². The summed E-state index contributed by atoms with van der Waals surface area (Å²) in [7, 11) is 2.88. The lowest BCUT2D eigenvalue weighted by Crippen LogP contribution is -2.08. The molecule has 104 valence electrons. The molecule has 0 aromatic heterocycles. The van der Waals surface area contributed by atoms with Crippen LogP contribution < -0.4 is 5.30 Å². The lowest BCUT2D eigenvalue weighted by Gasteiger charge is -2.13. The van der Waals surface area contributed by atoms with Gasteiger partial charge in [-0.2, -0.15) is 0 Å². The van der Waals surface area contributed by atoms with E-state index in [4.69, 9.17) is 0 Å². The molecule has 1 heteroatoms. The van der Waals surface area contributed by atoms with Crippen LogP contribution in [0.1, 0.15) is 22.3 Å². The lowest BCUT2D eigenvalue weighted by molar-refractivity contribution is 1.10. The molecule has 3 aromatic rings. The van der Waals surface area contributed by atoms with E-state index < -0.39 is 0 Å². The Balaban J connectivity index is 1.92. The largest absolute Gasteiger partial charge is 0.105 e. The zero-order chi connectivity index (χ0) is 14.5. The summed E-state index contributed by atoms with van der Waals surface area (Å²) in [5.41, 5.74) is 5.57. The van der Waals surface area contributed by atoms with Gasteiger partial charge in [-0.3, -0.25) is 0 Å². The minimum Gasteiger partial charge on any atom is -0.105 e. The normalized spacial score (nSPS) is 10.5. The Morgan fingerprint density at radius 1 is 0.571 bits per heavy atom. The molecular weight excluding hydrogens is 271 g/mol. The third-order valence-electron chi connectivity index (χ3n) is 3.77. The molecule has 0 N–H and O–H groups in total. The van der Waals surface area contributed by atoms with E-state index >= 15 is 0 Å². The van der Waals surface area contributed by atoms with Crippen LogP contribution in [-0.4, -0.2) is 0 Å². The average molecular weight is 290 g/mol. The topological polar surface area (TPSA) is 0 Å². The number of hydrogen-bond acceptors (Lipinski definition) is 0. The summed E-state index contributed by atoms with van der Waals surface area (Å²) < 4.78 is 0. The second kappa shape index (κ2) is 6.70. The highest BCUT2D eigenvalue weighted by Crippen LogP contribution is 2.18. The quantitative estimate of drug-likeness (QED) is 0.626. The van der Waals surface area contributed by atoms with Crippen molar-refractivity contribution in [2.75, 3.05) is 0 Å². The van der Waals surface area contributed by atoms with Crippen molar-refractivity contribution in [2.24, 2.45) is 0 Å². The molecule has 0 radical (unpaired) electrons. The first-order chi connectivity index (χ1) is 10.3. The molecule has 0 amide bonds. The predicted octanol–water partition coefficient (Wildman–Crippen LogP) is 4.37. The molecule has 0 aliphatic heterocycles. The highest BCUT2D eigenvalue weighted by Gasteiger charge is 2.07. The average Bonchev–Trinajstić information content (AvgIpc) is 2.53. The van der Waals surface area contributed by atoms with Crippen LogP contribution in [0.2, 0.25) is 0 Å². The van der Waals surface area contributed by atoms with Gasteiger partial charge in [0.1, 0.15) is 0 Å². The van der Waals surface area contributed by atoms with Gasteiger partial charge in [0.25, 0.3) is 0 Å². The standard InChI is InChI=1S/C20H19P/c21-20-13-7-12-18(14-16-8-3-1-4-9-16)19(20)15-17-10-5-2-6-11-17/h1-13H,14-15,21H2. The van der Waals surface area contributed by atoms with Gasteiger partial charge < -0.3 is 0 Å². The minimum atomic E-state index is 0.989. The van der Waals surface area contributed by atoms with Crippen LogP contribution in [0, 0.1) is 0 Å². The van der Waals surface area contributed by atoms with Gasteiger partial charge in [0.05, 0.1) is 0 Å². The smallest absolute Gasteiger partial charge is 0.00168 e. The maximum absolute atomic E-state index is 2.88. The van der Waals surface area contributed by atoms with E-state index in [2.05, 4.69) is 88.1 Å². The molecule has 3 rings (SSSR count). The van der Waals surface area contributed by atoms with E-state index in [9.17, 15) is 0 Å². The van der Waals surface area contributed by atoms with Gasteiger partial charge in [-0.15, -0.1) is 9.24 Å². The van der Waals surface area contributed by atoms with E-state index in [1.807, 2.05) is 0 Å². The summed E-state index contributed by atoms with van der Waals surface area (Å²) in [6.45, 7) is 0. The Hall–Kier alpha value is -1.91. The SMILES string of the molecule is Pc1cccc(Cc2ccccc2)c1Cc1ccccc1. The van der Waals surface area contributed by atoms with Crippen LogP contribution in [0.3, 0.4) is 0 Å². The summed E-state index contributed by atoms with van der Waals surface area (Å²) in [5.74, 6) is 0. The first-order valence-electron chi connectivity index (χ1n) is 7.27. The number of benzene rings is 3. The Morgan fingerprint density at radius 3 is 1.76 bits per heavy atom. The molecule has 0 saturated carbocycles. The van der Waals surface area contributed by atoms with Gasteiger partial charge in [-0.25, -0.2) is 0 Å². The highest BCUT2D eigenvalue weighted by molar-refractivity contribution is 7.27. The predicted molar refractivity (Wildman–Crippen MR) is 94.3 cm³/mol. The summed E-state index contributed by atoms with van der Waals surface area (Å²) in [5, 5.41) is 1.30. The van der Waals surface area contributed by atoms with Crippen molar-refractivity contribution in [2.45, 2.75) is 12.8 Å². The monoisotopic (exact) mass is 290 g/mol. The summed E-state index contributed by atoms with van der Waals surface area (Å²) >= 11 is 0. The molecule has 0 heterocycles. The van der Waals surface area contributed by atoms with Gasteiger partial charge in [-0.1, -0.05) is 78.9 Å². The van der Waals surface area contributed by atoms with E-state index in [1.54, 1.807) is 0 Å². The van der Waals surface area contributed by atoms with E-state index in [-0.39, 0.29) is 0 Å². The van der Waals surface area contributed by atoms with Crippen molar-refractivity contribution < 1.29 is 0 Å². The van der Waals surface area contributed by atoms with E-state index in [0.29, 0.717) is 0 Å². The van der Waals surface area contributed by atoms with Crippen molar-refractivity contribution >= 4 is 14.5 Å². The van der Waals surface area contributed by atoms with E-state index in [0.717, 1.165) is 12.8 Å². The molecular formula is C20H19P. The van der Waals surface area contributed by atoms with Crippen LogP contribution in [0.4, 0.5) is 0 Å². The lowest BCUT2D eigenvalue weighted by atomic mass is 9.95. The van der Waals surface area contributed by atoms with E-state index in [1.165, 1.54) is 27.6 Å². The Bertz CT molecular complexity index is 702. The molecule has 1 atom stereocenters. The summed E-state index contributed by atoms with van der Waals surface area (Å²) in [6, 6.07) is 27.9. The molecule has 3 aromatic carbocycles. The zero-order valence-corrected chi connectivity index (χ0v) is 13.2. The molecule has 0 nitrogen and oxygen atoms in total. The molecule has 0 bridgehead atoms. The Labute approximate surface area is 129 Å². The molecule has 0 aliphatic carbocycles. The number of rotatable bonds is 4. The van der Waals surface area contributed by atoms with Crippen LogP contribution in [-0.2, 0) is 12.8 Å². The van der Waals surface area contributed by atoms with Gasteiger partial charge in [0.15, 0.2) is 0 Å². The van der Waals surface area contributed by atoms with Crippen molar-refractivity contribution in [1.29, 1.82) is 0 Å². The fourth-order valence-corrected chi connectivity index (χ4v) is 3.05. The Morgan fingerprint density at radius 2 is 1.14 bits per heavy atom. The molecule has 0 saturated heterocycles. The van der Waals surface area contributed by atoms with Crippen molar-refractivity contribution in [1.82, 2.24) is 0 Å². The van der Waals surface area contributed by atoms with Gasteiger partial charge in [-0.05, 0) is 40.4 Å². The van der Waals surface area contributed by atoms with Crippen LogP contribution in [0.5, 0.6) is 0 Å². The first kappa shape index (κ1) is 14.0. The number of hydrogen-bond donors (Lipinski definition) is 0. The van der Waals surface area contributed by atoms with Crippen molar-refractivity contribution in [3.05, 3.63) is 101 Å². The second-order valence-electron chi connectivity index (χ2n) is 5.31. The Kier molecular flexibility index (Phi) is 4.48. The zero-order valence-electron chi connectivity index (χ0n) is 12.0. The molecule has 0 spiro atoms. The van der Waals surface area contributed by atoms with Crippen molar-refractivity contribution in [3.8, 4) is 0 Å². The van der Waals surface area contributed by atoms with Gasteiger partial charge >= 0.3 is 0 Å². The first-order valence-corrected chi connectivity index (χ1v) is 7.85. The van der Waals surface area contributed by atoms with Crippen LogP contribution in [0.15, 0.2) is 78.9 Å². The fraction of sp³-hybridized carbons (Fsp3) is 0.100. The van der Waals surface area contributed by atoms with Gasteiger partial charge in [0, 0.05) is 0 Å². The summed E-state index contributed by atoms with van der Waals surface area (Å²) in [4.78, 5) is 0. The minimum absolute atomic E-state index is 0.989. The van der Waals surface area contributed by atoms with Crippen molar-refractivity contribution in [3.63, 3.8) is 0 Å². The summed E-state index contributed by atoms with van der Waals surface area (Å²) in [6.07, 6.45) is 1.98. The molecule has 0 aliphatic rings. The highest BCUT2D eigenvalue weighted by atomic mass is 31.0. The van der Waals surface area contributed by atoms with Crippen LogP contribution in [0.25, 0.3) is 0 Å². The molecule has 0 fully saturated rings. The fourth-order valence-electron chi connectivity index (χ4n) is 2.65. The molecule has 21 heavy (non-hydrogen) atoms. The third-order valence-corrected chi connectivity index (χ3v) is 4.31. The maximum atomic E-state index is 2.88. The maximum Gasteiger partial charge on any atom is -0.00168 e. The van der Waals surface area contributed by atoms with Gasteiger partial charge in [0.2, 0.25) is 0 Å². The molecule has 1 unspecified atom stereocenters.